The highest BCUT2D eigenvalue weighted by molar-refractivity contribution is 5.96. The van der Waals surface area contributed by atoms with Gasteiger partial charge in [0.05, 0.1) is 5.69 Å². The number of para-hydroxylation sites is 1. The molecule has 1 aromatic heterocycles. The molecule has 0 bridgehead atoms. The Morgan fingerprint density at radius 1 is 1.29 bits per heavy atom. The summed E-state index contributed by atoms with van der Waals surface area (Å²) in [6, 6.07) is 8.15. The molecule has 0 radical (unpaired) electrons. The van der Waals surface area contributed by atoms with Gasteiger partial charge >= 0.3 is 0 Å². The molecule has 0 unspecified atom stereocenters. The molecule has 126 valence electrons. The number of aromatic nitrogens is 2. The van der Waals surface area contributed by atoms with Crippen molar-refractivity contribution >= 4 is 5.91 Å². The highest BCUT2D eigenvalue weighted by atomic mass is 16.5. The van der Waals surface area contributed by atoms with Gasteiger partial charge in [0, 0.05) is 24.2 Å². The summed E-state index contributed by atoms with van der Waals surface area (Å²) < 4.78 is 7.63. The molecule has 1 aliphatic carbocycles. The van der Waals surface area contributed by atoms with Gasteiger partial charge in [-0.2, -0.15) is 5.10 Å². The van der Waals surface area contributed by atoms with Crippen LogP contribution in [0.1, 0.15) is 48.7 Å². The van der Waals surface area contributed by atoms with Crippen molar-refractivity contribution in [2.75, 3.05) is 0 Å². The van der Waals surface area contributed by atoms with Crippen LogP contribution in [0.25, 0.3) is 11.3 Å². The van der Waals surface area contributed by atoms with Crippen molar-refractivity contribution in [1.82, 2.24) is 15.1 Å². The monoisotopic (exact) mass is 325 g/mol. The first-order valence-electron chi connectivity index (χ1n) is 8.74. The maximum absolute atomic E-state index is 12.8. The topological polar surface area (TPSA) is 56.2 Å². The average molecular weight is 325 g/mol. The van der Waals surface area contributed by atoms with E-state index in [1.807, 2.05) is 31.3 Å². The predicted molar refractivity (Wildman–Crippen MR) is 91.9 cm³/mol. The van der Waals surface area contributed by atoms with Gasteiger partial charge < -0.3 is 10.1 Å². The number of hydrogen-bond donors (Lipinski definition) is 1. The van der Waals surface area contributed by atoms with Gasteiger partial charge in [-0.05, 0) is 30.9 Å². The molecule has 0 saturated heterocycles. The number of nitrogens with zero attached hydrogens (tertiary/aromatic N) is 2. The fourth-order valence-electron chi connectivity index (χ4n) is 3.93. The first-order chi connectivity index (χ1) is 11.6. The lowest BCUT2D eigenvalue weighted by molar-refractivity contribution is 0.0902. The zero-order chi connectivity index (χ0) is 16.7. The molecule has 2 aromatic rings. The normalized spacial score (nSPS) is 22.2. The highest BCUT2D eigenvalue weighted by Gasteiger charge is 2.30. The van der Waals surface area contributed by atoms with Crippen LogP contribution in [0, 0.1) is 5.92 Å². The number of hydrogen-bond acceptors (Lipinski definition) is 3. The van der Waals surface area contributed by atoms with Gasteiger partial charge in [0.15, 0.2) is 5.69 Å². The third kappa shape index (κ3) is 2.48. The molecular weight excluding hydrogens is 302 g/mol. The Kier molecular flexibility index (Phi) is 3.79. The van der Waals surface area contributed by atoms with E-state index >= 15 is 0 Å². The van der Waals surface area contributed by atoms with E-state index in [2.05, 4.69) is 17.3 Å². The minimum atomic E-state index is -0.0754. The van der Waals surface area contributed by atoms with Gasteiger partial charge in [0.1, 0.15) is 12.4 Å². The Labute approximate surface area is 142 Å². The number of carbonyl (C=O) groups is 1. The summed E-state index contributed by atoms with van der Waals surface area (Å²) in [4.78, 5) is 12.8. The zero-order valence-electron chi connectivity index (χ0n) is 14.2. The molecule has 5 nitrogen and oxygen atoms in total. The quantitative estimate of drug-likeness (QED) is 0.922. The summed E-state index contributed by atoms with van der Waals surface area (Å²) in [7, 11) is 1.89. The molecule has 2 atom stereocenters. The molecule has 0 spiro atoms. The van der Waals surface area contributed by atoms with E-state index in [1.165, 1.54) is 19.3 Å². The number of benzene rings is 1. The van der Waals surface area contributed by atoms with Crippen LogP contribution in [-0.4, -0.2) is 21.7 Å². The van der Waals surface area contributed by atoms with Crippen LogP contribution < -0.4 is 10.1 Å². The van der Waals surface area contributed by atoms with Crippen LogP contribution >= 0.6 is 0 Å². The molecule has 1 aliphatic heterocycles. The number of fused-ring (bicyclic) bond motifs is 3. The van der Waals surface area contributed by atoms with Crippen molar-refractivity contribution in [2.24, 2.45) is 13.0 Å². The summed E-state index contributed by atoms with van der Waals surface area (Å²) in [5.74, 6) is 1.30. The van der Waals surface area contributed by atoms with Crippen LogP contribution in [0.5, 0.6) is 5.75 Å². The second-order valence-corrected chi connectivity index (χ2v) is 6.93. The van der Waals surface area contributed by atoms with Crippen molar-refractivity contribution in [1.29, 1.82) is 0 Å². The average Bonchev–Trinajstić information content (AvgIpc) is 2.94. The van der Waals surface area contributed by atoms with Crippen LogP contribution in [0.15, 0.2) is 24.3 Å². The van der Waals surface area contributed by atoms with Gasteiger partial charge in [-0.25, -0.2) is 0 Å². The maximum Gasteiger partial charge on any atom is 0.272 e. The number of carbonyl (C=O) groups excluding carboxylic acids is 1. The van der Waals surface area contributed by atoms with E-state index in [1.54, 1.807) is 4.68 Å². The van der Waals surface area contributed by atoms with Crippen molar-refractivity contribution in [3.63, 3.8) is 0 Å². The van der Waals surface area contributed by atoms with Crippen molar-refractivity contribution in [2.45, 2.75) is 45.3 Å². The Balaban J connectivity index is 1.65. The van der Waals surface area contributed by atoms with E-state index in [9.17, 15) is 4.79 Å². The van der Waals surface area contributed by atoms with E-state index in [-0.39, 0.29) is 11.9 Å². The molecule has 1 aromatic carbocycles. The van der Waals surface area contributed by atoms with Crippen LogP contribution in [0.3, 0.4) is 0 Å². The van der Waals surface area contributed by atoms with Crippen molar-refractivity contribution in [3.8, 4) is 17.0 Å². The summed E-state index contributed by atoms with van der Waals surface area (Å²) >= 11 is 0. The number of rotatable bonds is 2. The fourth-order valence-corrected chi connectivity index (χ4v) is 3.93. The third-order valence-electron chi connectivity index (χ3n) is 5.30. The third-order valence-corrected chi connectivity index (χ3v) is 5.30. The summed E-state index contributed by atoms with van der Waals surface area (Å²) in [6.45, 7) is 2.61. The van der Waals surface area contributed by atoms with E-state index in [0.29, 0.717) is 18.2 Å². The Hall–Kier alpha value is -2.30. The molecule has 1 saturated carbocycles. The molecule has 1 amide bonds. The number of nitrogens with one attached hydrogen (secondary N) is 1. The van der Waals surface area contributed by atoms with E-state index in [0.717, 1.165) is 29.0 Å². The molecule has 2 heterocycles. The lowest BCUT2D eigenvalue weighted by Gasteiger charge is -2.29. The second-order valence-electron chi connectivity index (χ2n) is 6.93. The largest absolute Gasteiger partial charge is 0.488 e. The Bertz CT molecular complexity index is 781. The van der Waals surface area contributed by atoms with Crippen LogP contribution in [-0.2, 0) is 13.7 Å². The van der Waals surface area contributed by atoms with E-state index < -0.39 is 0 Å². The summed E-state index contributed by atoms with van der Waals surface area (Å²) in [5.41, 5.74) is 3.37. The summed E-state index contributed by atoms with van der Waals surface area (Å²) in [5, 5.41) is 7.71. The van der Waals surface area contributed by atoms with Gasteiger partial charge in [-0.15, -0.1) is 0 Å². The number of ether oxygens (including phenoxy) is 1. The number of amides is 1. The Morgan fingerprint density at radius 2 is 2.08 bits per heavy atom. The van der Waals surface area contributed by atoms with Gasteiger partial charge in [0.2, 0.25) is 0 Å². The first kappa shape index (κ1) is 15.2. The van der Waals surface area contributed by atoms with Gasteiger partial charge in [0.25, 0.3) is 5.91 Å². The maximum atomic E-state index is 12.8. The molecule has 24 heavy (non-hydrogen) atoms. The summed E-state index contributed by atoms with van der Waals surface area (Å²) in [6.07, 6.45) is 4.69. The first-order valence-corrected chi connectivity index (χ1v) is 8.74. The fraction of sp³-hybridized carbons (Fsp3) is 0.474. The second kappa shape index (κ2) is 5.96. The molecular formula is C19H23N3O2. The van der Waals surface area contributed by atoms with Gasteiger partial charge in [-0.3, -0.25) is 9.48 Å². The van der Waals surface area contributed by atoms with Crippen LogP contribution in [0.2, 0.25) is 0 Å². The molecule has 2 aliphatic rings. The molecule has 5 heteroatoms. The molecule has 4 rings (SSSR count). The van der Waals surface area contributed by atoms with Crippen molar-refractivity contribution in [3.05, 3.63) is 35.5 Å². The zero-order valence-corrected chi connectivity index (χ0v) is 14.2. The SMILES string of the molecule is C[C@H]1CCCC[C@H]1NC(=O)c1nn(C)c2c1COc1ccccc1-2. The van der Waals surface area contributed by atoms with Gasteiger partial charge in [-0.1, -0.05) is 31.9 Å². The highest BCUT2D eigenvalue weighted by Crippen LogP contribution is 2.38. The minimum Gasteiger partial charge on any atom is -0.488 e. The minimum absolute atomic E-state index is 0.0754. The lowest BCUT2D eigenvalue weighted by Crippen LogP contribution is -2.41. The predicted octanol–water partition coefficient (Wildman–Crippen LogP) is 3.29. The Morgan fingerprint density at radius 3 is 2.92 bits per heavy atom. The van der Waals surface area contributed by atoms with Crippen molar-refractivity contribution < 1.29 is 9.53 Å². The lowest BCUT2D eigenvalue weighted by atomic mass is 9.86. The molecule has 1 N–H and O–H groups in total. The molecule has 1 fully saturated rings. The smallest absolute Gasteiger partial charge is 0.272 e. The standard InChI is InChI=1S/C19H23N3O2/c1-12-7-3-5-9-15(12)20-19(23)17-14-11-24-16-10-6-4-8-13(16)18(14)22(2)21-17/h4,6,8,10,12,15H,3,5,7,9,11H2,1-2H3,(H,20,23)/t12-,15+/m0/s1. The van der Waals surface area contributed by atoms with Crippen LogP contribution in [0.4, 0.5) is 0 Å². The van der Waals surface area contributed by atoms with E-state index in [4.69, 9.17) is 4.74 Å². The number of aryl methyl sites for hydroxylation is 1.